The van der Waals surface area contributed by atoms with E-state index < -0.39 is 0 Å². The number of hydrogen-bond acceptors (Lipinski definition) is 4. The van der Waals surface area contributed by atoms with Gasteiger partial charge in [0.15, 0.2) is 0 Å². The number of aryl methyl sites for hydroxylation is 1. The molecule has 1 aromatic heterocycles. The lowest BCUT2D eigenvalue weighted by atomic mass is 10.1. The number of aromatic nitrogens is 1. The zero-order chi connectivity index (χ0) is 10.6. The van der Waals surface area contributed by atoms with Gasteiger partial charge in [-0.25, -0.2) is 4.98 Å². The molecule has 3 N–H and O–H groups in total. The van der Waals surface area contributed by atoms with Gasteiger partial charge in [-0.15, -0.1) is 11.3 Å². The van der Waals surface area contributed by atoms with Gasteiger partial charge in [0.25, 0.3) is 0 Å². The minimum atomic E-state index is -0.127. The van der Waals surface area contributed by atoms with Crippen LogP contribution in [0.2, 0.25) is 0 Å². The summed E-state index contributed by atoms with van der Waals surface area (Å²) in [4.78, 5) is 4.39. The van der Waals surface area contributed by atoms with Crippen LogP contribution in [-0.4, -0.2) is 23.6 Å². The van der Waals surface area contributed by atoms with Crippen molar-refractivity contribution in [1.29, 1.82) is 0 Å². The van der Waals surface area contributed by atoms with Crippen LogP contribution in [0.4, 0.5) is 0 Å². The standard InChI is InChI=1S/C10H19N3S/c1-8-13-9(6-14-8)4-5-12-7-10(2,3)11/h6,12H,4-5,7,11H2,1-3H3. The minimum absolute atomic E-state index is 0.127. The molecule has 0 aliphatic rings. The molecule has 80 valence electrons. The van der Waals surface area contributed by atoms with E-state index >= 15 is 0 Å². The number of nitrogens with two attached hydrogens (primary N) is 1. The number of rotatable bonds is 5. The topological polar surface area (TPSA) is 50.9 Å². The Labute approximate surface area is 89.7 Å². The molecule has 4 heteroatoms. The van der Waals surface area contributed by atoms with E-state index in [4.69, 9.17) is 5.73 Å². The molecule has 0 aliphatic heterocycles. The normalized spacial score (nSPS) is 12.0. The molecular formula is C10H19N3S. The zero-order valence-electron chi connectivity index (χ0n) is 9.13. The van der Waals surface area contributed by atoms with Gasteiger partial charge in [-0.2, -0.15) is 0 Å². The molecule has 0 bridgehead atoms. The second kappa shape index (κ2) is 4.87. The highest BCUT2D eigenvalue weighted by molar-refractivity contribution is 7.09. The van der Waals surface area contributed by atoms with Gasteiger partial charge in [0.2, 0.25) is 0 Å². The Morgan fingerprint density at radius 2 is 2.29 bits per heavy atom. The van der Waals surface area contributed by atoms with Crippen LogP contribution in [0.25, 0.3) is 0 Å². The van der Waals surface area contributed by atoms with Gasteiger partial charge < -0.3 is 11.1 Å². The smallest absolute Gasteiger partial charge is 0.0897 e. The Kier molecular flexibility index (Phi) is 4.04. The zero-order valence-corrected chi connectivity index (χ0v) is 9.95. The maximum atomic E-state index is 5.84. The highest BCUT2D eigenvalue weighted by atomic mass is 32.1. The summed E-state index contributed by atoms with van der Waals surface area (Å²) < 4.78 is 0. The highest BCUT2D eigenvalue weighted by Crippen LogP contribution is 2.07. The van der Waals surface area contributed by atoms with Crippen LogP contribution in [0.3, 0.4) is 0 Å². The van der Waals surface area contributed by atoms with E-state index in [0.29, 0.717) is 0 Å². The average Bonchev–Trinajstić information content (AvgIpc) is 2.44. The van der Waals surface area contributed by atoms with Crippen LogP contribution in [0.1, 0.15) is 24.5 Å². The van der Waals surface area contributed by atoms with E-state index in [1.165, 1.54) is 5.69 Å². The quantitative estimate of drug-likeness (QED) is 0.725. The van der Waals surface area contributed by atoms with E-state index in [2.05, 4.69) is 15.7 Å². The predicted molar refractivity (Wildman–Crippen MR) is 61.7 cm³/mol. The third-order valence-electron chi connectivity index (χ3n) is 1.81. The van der Waals surface area contributed by atoms with Gasteiger partial charge in [-0.3, -0.25) is 0 Å². The molecule has 0 spiro atoms. The van der Waals surface area contributed by atoms with Crippen LogP contribution in [0.15, 0.2) is 5.38 Å². The van der Waals surface area contributed by atoms with Gasteiger partial charge in [-0.05, 0) is 20.8 Å². The molecule has 0 aromatic carbocycles. The van der Waals surface area contributed by atoms with E-state index in [1.807, 2.05) is 20.8 Å². The molecule has 0 saturated heterocycles. The fraction of sp³-hybridized carbons (Fsp3) is 0.700. The number of hydrogen-bond donors (Lipinski definition) is 2. The summed E-state index contributed by atoms with van der Waals surface area (Å²) in [5.74, 6) is 0. The van der Waals surface area contributed by atoms with E-state index in [-0.39, 0.29) is 5.54 Å². The summed E-state index contributed by atoms with van der Waals surface area (Å²) >= 11 is 1.70. The monoisotopic (exact) mass is 213 g/mol. The largest absolute Gasteiger partial charge is 0.324 e. The Morgan fingerprint density at radius 1 is 1.57 bits per heavy atom. The molecular weight excluding hydrogens is 194 g/mol. The molecule has 0 radical (unpaired) electrons. The summed E-state index contributed by atoms with van der Waals surface area (Å²) in [7, 11) is 0. The second-order valence-electron chi connectivity index (χ2n) is 4.27. The summed E-state index contributed by atoms with van der Waals surface area (Å²) in [5.41, 5.74) is 6.89. The van der Waals surface area contributed by atoms with Crippen molar-refractivity contribution in [2.75, 3.05) is 13.1 Å². The van der Waals surface area contributed by atoms with E-state index in [1.54, 1.807) is 11.3 Å². The van der Waals surface area contributed by atoms with Crippen LogP contribution in [0.5, 0.6) is 0 Å². The Bertz CT molecular complexity index is 275. The van der Waals surface area contributed by atoms with Gasteiger partial charge in [0, 0.05) is 30.4 Å². The van der Waals surface area contributed by atoms with Crippen LogP contribution < -0.4 is 11.1 Å². The molecule has 0 unspecified atom stereocenters. The van der Waals surface area contributed by atoms with E-state index in [0.717, 1.165) is 24.5 Å². The lowest BCUT2D eigenvalue weighted by molar-refractivity contribution is 0.468. The van der Waals surface area contributed by atoms with Crippen molar-refractivity contribution in [2.45, 2.75) is 32.7 Å². The third kappa shape index (κ3) is 4.69. The van der Waals surface area contributed by atoms with Gasteiger partial charge in [-0.1, -0.05) is 0 Å². The Balaban J connectivity index is 2.16. The van der Waals surface area contributed by atoms with Crippen molar-refractivity contribution in [1.82, 2.24) is 10.3 Å². The highest BCUT2D eigenvalue weighted by Gasteiger charge is 2.08. The lowest BCUT2D eigenvalue weighted by Gasteiger charge is -2.18. The molecule has 0 fully saturated rings. The van der Waals surface area contributed by atoms with Crippen molar-refractivity contribution >= 4 is 11.3 Å². The molecule has 1 aromatic rings. The summed E-state index contributed by atoms with van der Waals surface area (Å²) in [5, 5.41) is 6.58. The number of nitrogens with one attached hydrogen (secondary N) is 1. The Morgan fingerprint density at radius 3 is 2.79 bits per heavy atom. The number of nitrogens with zero attached hydrogens (tertiary/aromatic N) is 1. The van der Waals surface area contributed by atoms with Gasteiger partial charge >= 0.3 is 0 Å². The van der Waals surface area contributed by atoms with Crippen molar-refractivity contribution in [2.24, 2.45) is 5.73 Å². The van der Waals surface area contributed by atoms with Crippen LogP contribution in [0, 0.1) is 6.92 Å². The van der Waals surface area contributed by atoms with Crippen LogP contribution in [-0.2, 0) is 6.42 Å². The second-order valence-corrected chi connectivity index (χ2v) is 5.34. The SMILES string of the molecule is Cc1nc(CCNCC(C)(C)N)cs1. The average molecular weight is 213 g/mol. The summed E-state index contributed by atoms with van der Waals surface area (Å²) in [6.45, 7) is 7.87. The summed E-state index contributed by atoms with van der Waals surface area (Å²) in [6.07, 6.45) is 0.987. The Hall–Kier alpha value is -0.450. The summed E-state index contributed by atoms with van der Waals surface area (Å²) in [6, 6.07) is 0. The van der Waals surface area contributed by atoms with Crippen molar-refractivity contribution < 1.29 is 0 Å². The first-order chi connectivity index (χ1) is 6.47. The number of thiazole rings is 1. The maximum Gasteiger partial charge on any atom is 0.0897 e. The fourth-order valence-electron chi connectivity index (χ4n) is 1.15. The first-order valence-corrected chi connectivity index (χ1v) is 5.76. The predicted octanol–water partition coefficient (Wildman–Crippen LogP) is 1.32. The van der Waals surface area contributed by atoms with E-state index in [9.17, 15) is 0 Å². The molecule has 0 atom stereocenters. The van der Waals surface area contributed by atoms with Crippen molar-refractivity contribution in [3.8, 4) is 0 Å². The van der Waals surface area contributed by atoms with Crippen molar-refractivity contribution in [3.63, 3.8) is 0 Å². The van der Waals surface area contributed by atoms with Crippen molar-refractivity contribution in [3.05, 3.63) is 16.1 Å². The van der Waals surface area contributed by atoms with Gasteiger partial charge in [0.05, 0.1) is 10.7 Å². The lowest BCUT2D eigenvalue weighted by Crippen LogP contribution is -2.43. The molecule has 0 amide bonds. The first-order valence-electron chi connectivity index (χ1n) is 4.88. The molecule has 1 rings (SSSR count). The minimum Gasteiger partial charge on any atom is -0.324 e. The third-order valence-corrected chi connectivity index (χ3v) is 2.63. The molecule has 0 aliphatic carbocycles. The van der Waals surface area contributed by atoms with Crippen LogP contribution >= 0.6 is 11.3 Å². The molecule has 3 nitrogen and oxygen atoms in total. The maximum absolute atomic E-state index is 5.84. The molecule has 14 heavy (non-hydrogen) atoms. The fourth-order valence-corrected chi connectivity index (χ4v) is 1.80. The van der Waals surface area contributed by atoms with Gasteiger partial charge in [0.1, 0.15) is 0 Å². The molecule has 1 heterocycles. The first kappa shape index (κ1) is 11.6. The molecule has 0 saturated carbocycles.